The number of ether oxygens (including phenoxy) is 1. The third kappa shape index (κ3) is 3.73. The van der Waals surface area contributed by atoms with E-state index in [1.54, 1.807) is 7.11 Å². The number of anilines is 1. The van der Waals surface area contributed by atoms with E-state index < -0.39 is 0 Å². The second-order valence-electron chi connectivity index (χ2n) is 9.29. The van der Waals surface area contributed by atoms with Crippen LogP contribution in [-0.4, -0.2) is 44.7 Å². The average molecular weight is 454 g/mol. The number of hydrogen-bond donors (Lipinski definition) is 0. The first kappa shape index (κ1) is 21.8. The van der Waals surface area contributed by atoms with Gasteiger partial charge in [0.1, 0.15) is 22.9 Å². The highest BCUT2D eigenvalue weighted by Gasteiger charge is 2.40. The third-order valence-corrected chi connectivity index (χ3v) is 6.53. The molecule has 4 heterocycles. The molecule has 8 nitrogen and oxygen atoms in total. The molecule has 3 aromatic heterocycles. The molecule has 172 valence electrons. The average Bonchev–Trinajstić information content (AvgIpc) is 3.15. The molecule has 1 aliphatic rings. The van der Waals surface area contributed by atoms with Crippen LogP contribution in [0.4, 0.5) is 5.82 Å². The number of aryl methyl sites for hydroxylation is 2. The molecule has 1 fully saturated rings. The summed E-state index contributed by atoms with van der Waals surface area (Å²) in [5, 5.41) is 10.4. The Kier molecular flexibility index (Phi) is 5.20. The lowest BCUT2D eigenvalue weighted by Crippen LogP contribution is -2.54. The number of pyridine rings is 1. The first-order chi connectivity index (χ1) is 16.3. The van der Waals surface area contributed by atoms with Crippen molar-refractivity contribution in [1.29, 1.82) is 5.26 Å². The summed E-state index contributed by atoms with van der Waals surface area (Å²) in [6.45, 7) is 7.23. The second kappa shape index (κ2) is 8.10. The Labute approximate surface area is 198 Å². The summed E-state index contributed by atoms with van der Waals surface area (Å²) in [5.41, 5.74) is 4.48. The van der Waals surface area contributed by atoms with Crippen molar-refractivity contribution in [3.8, 4) is 23.1 Å². The first-order valence-corrected chi connectivity index (χ1v) is 11.3. The molecule has 0 unspecified atom stereocenters. The summed E-state index contributed by atoms with van der Waals surface area (Å²) < 4.78 is 7.78. The highest BCUT2D eigenvalue weighted by atomic mass is 16.5. The predicted molar refractivity (Wildman–Crippen MR) is 131 cm³/mol. The molecule has 0 aliphatic carbocycles. The van der Waals surface area contributed by atoms with E-state index in [1.165, 1.54) is 0 Å². The zero-order chi connectivity index (χ0) is 24.0. The largest absolute Gasteiger partial charge is 0.496 e. The van der Waals surface area contributed by atoms with Crippen LogP contribution >= 0.6 is 0 Å². The molecule has 0 spiro atoms. The molecule has 5 rings (SSSR count). The molecule has 0 amide bonds. The lowest BCUT2D eigenvalue weighted by molar-refractivity contribution is 0.335. The zero-order valence-electron chi connectivity index (χ0n) is 20.1. The van der Waals surface area contributed by atoms with Crippen LogP contribution in [-0.2, 0) is 13.5 Å². The van der Waals surface area contributed by atoms with Gasteiger partial charge in [-0.1, -0.05) is 12.1 Å². The van der Waals surface area contributed by atoms with Crippen LogP contribution < -0.4 is 9.64 Å². The number of rotatable bonds is 5. The fraction of sp³-hybridized carbons (Fsp3) is 0.346. The molecule has 1 saturated heterocycles. The van der Waals surface area contributed by atoms with Crippen molar-refractivity contribution in [2.24, 2.45) is 12.5 Å². The zero-order valence-corrected chi connectivity index (χ0v) is 20.1. The molecule has 34 heavy (non-hydrogen) atoms. The third-order valence-electron chi connectivity index (χ3n) is 6.53. The summed E-state index contributed by atoms with van der Waals surface area (Å²) in [7, 11) is 3.69. The van der Waals surface area contributed by atoms with Gasteiger partial charge < -0.3 is 14.2 Å². The fourth-order valence-electron chi connectivity index (χ4n) is 4.50. The summed E-state index contributed by atoms with van der Waals surface area (Å²) >= 11 is 0. The van der Waals surface area contributed by atoms with Gasteiger partial charge in [0.2, 0.25) is 0 Å². The van der Waals surface area contributed by atoms with Gasteiger partial charge in [-0.2, -0.15) is 5.26 Å². The Morgan fingerprint density at radius 1 is 1.12 bits per heavy atom. The number of hydrogen-bond acceptors (Lipinski definition) is 7. The van der Waals surface area contributed by atoms with Gasteiger partial charge in [-0.15, -0.1) is 0 Å². The van der Waals surface area contributed by atoms with E-state index in [1.807, 2.05) is 52.3 Å². The minimum atomic E-state index is -0.338. The van der Waals surface area contributed by atoms with Crippen LogP contribution in [0.15, 0.2) is 36.7 Å². The molecule has 0 saturated carbocycles. The van der Waals surface area contributed by atoms with Gasteiger partial charge in [-0.3, -0.25) is 0 Å². The van der Waals surface area contributed by atoms with Gasteiger partial charge in [-0.25, -0.2) is 19.9 Å². The highest BCUT2D eigenvalue weighted by molar-refractivity contribution is 5.89. The van der Waals surface area contributed by atoms with E-state index in [0.29, 0.717) is 25.3 Å². The molecule has 4 aromatic rings. The van der Waals surface area contributed by atoms with Crippen LogP contribution in [0.1, 0.15) is 29.8 Å². The fourth-order valence-corrected chi connectivity index (χ4v) is 4.50. The Morgan fingerprint density at radius 3 is 2.59 bits per heavy atom. The first-order valence-electron chi connectivity index (χ1n) is 11.3. The number of benzene rings is 1. The minimum Gasteiger partial charge on any atom is -0.496 e. The molecule has 1 aromatic carbocycles. The lowest BCUT2D eigenvalue weighted by Gasteiger charge is -2.44. The van der Waals surface area contributed by atoms with Crippen molar-refractivity contribution >= 4 is 16.7 Å². The number of methoxy groups -OCH3 is 1. The number of nitriles is 1. The molecule has 0 N–H and O–H groups in total. The van der Waals surface area contributed by atoms with E-state index in [9.17, 15) is 5.26 Å². The molecule has 0 bridgehead atoms. The molecular formula is C26H27N7O. The Morgan fingerprint density at radius 2 is 1.91 bits per heavy atom. The van der Waals surface area contributed by atoms with Crippen molar-refractivity contribution in [3.05, 3.63) is 59.6 Å². The van der Waals surface area contributed by atoms with E-state index in [-0.39, 0.29) is 5.41 Å². The second-order valence-corrected chi connectivity index (χ2v) is 9.29. The van der Waals surface area contributed by atoms with Crippen molar-refractivity contribution in [2.75, 3.05) is 25.1 Å². The van der Waals surface area contributed by atoms with Crippen molar-refractivity contribution < 1.29 is 4.74 Å². The molecule has 1 aliphatic heterocycles. The summed E-state index contributed by atoms with van der Waals surface area (Å²) in [6, 6.07) is 10.6. The van der Waals surface area contributed by atoms with E-state index in [2.05, 4.69) is 37.6 Å². The summed E-state index contributed by atoms with van der Waals surface area (Å²) in [5.74, 6) is 3.26. The van der Waals surface area contributed by atoms with Gasteiger partial charge >= 0.3 is 0 Å². The predicted octanol–water partition coefficient (Wildman–Crippen LogP) is 3.99. The van der Waals surface area contributed by atoms with Gasteiger partial charge in [0.25, 0.3) is 0 Å². The highest BCUT2D eigenvalue weighted by Crippen LogP contribution is 2.36. The quantitative estimate of drug-likeness (QED) is 0.451. The number of fused-ring (bicyclic) bond motifs is 1. The van der Waals surface area contributed by atoms with Gasteiger partial charge in [0, 0.05) is 55.0 Å². The van der Waals surface area contributed by atoms with Crippen molar-refractivity contribution in [2.45, 2.75) is 27.2 Å². The maximum absolute atomic E-state index is 9.40. The SMILES string of the molecule is COc1cc(-c2cnc(C)n2C)ccc1Cc1ncc2cc(C)nc(N3CC(C)(C#N)C3)c2n1. The number of imidazole rings is 1. The van der Waals surface area contributed by atoms with Crippen molar-refractivity contribution in [1.82, 2.24) is 24.5 Å². The summed E-state index contributed by atoms with van der Waals surface area (Å²) in [4.78, 5) is 20.8. The Bertz CT molecular complexity index is 1440. The van der Waals surface area contributed by atoms with Crippen molar-refractivity contribution in [3.63, 3.8) is 0 Å². The lowest BCUT2D eigenvalue weighted by atomic mass is 9.83. The molecule has 8 heteroatoms. The van der Waals surface area contributed by atoms with Gasteiger partial charge in [0.05, 0.1) is 30.5 Å². The minimum absolute atomic E-state index is 0.338. The monoisotopic (exact) mass is 453 g/mol. The topological polar surface area (TPSA) is 92.8 Å². The smallest absolute Gasteiger partial charge is 0.155 e. The summed E-state index contributed by atoms with van der Waals surface area (Å²) in [6.07, 6.45) is 4.27. The molecular weight excluding hydrogens is 426 g/mol. The number of nitrogens with zero attached hydrogens (tertiary/aromatic N) is 7. The van der Waals surface area contributed by atoms with Gasteiger partial charge in [-0.05, 0) is 32.9 Å². The van der Waals surface area contributed by atoms with Crippen LogP contribution in [0.5, 0.6) is 5.75 Å². The number of aromatic nitrogens is 5. The Balaban J connectivity index is 1.48. The van der Waals surface area contributed by atoms with E-state index in [4.69, 9.17) is 14.7 Å². The molecule has 0 atom stereocenters. The van der Waals surface area contributed by atoms with Crippen LogP contribution in [0.3, 0.4) is 0 Å². The van der Waals surface area contributed by atoms with Crippen LogP contribution in [0.2, 0.25) is 0 Å². The maximum atomic E-state index is 9.40. The molecule has 0 radical (unpaired) electrons. The van der Waals surface area contributed by atoms with Crippen LogP contribution in [0.25, 0.3) is 22.2 Å². The maximum Gasteiger partial charge on any atom is 0.155 e. The van der Waals surface area contributed by atoms with E-state index in [0.717, 1.165) is 50.8 Å². The standard InChI is InChI=1S/C26H27N7O/c1-16-8-20-11-29-23(31-24(20)25(30-16)33-14-26(3,13-27)15-33)10-19-7-6-18(9-22(19)34-5)21-12-28-17(2)32(21)4/h6-9,11-12H,10,14-15H2,1-5H3. The Hall–Kier alpha value is -3.99. The van der Waals surface area contributed by atoms with E-state index >= 15 is 0 Å². The van der Waals surface area contributed by atoms with Gasteiger partial charge in [0.15, 0.2) is 5.82 Å². The van der Waals surface area contributed by atoms with Crippen LogP contribution in [0, 0.1) is 30.6 Å². The normalized spacial score (nSPS) is 14.6.